The van der Waals surface area contributed by atoms with Gasteiger partial charge in [-0.1, -0.05) is 38.5 Å². The lowest BCUT2D eigenvalue weighted by Gasteiger charge is -2.22. The van der Waals surface area contributed by atoms with Gasteiger partial charge in [-0.2, -0.15) is 0 Å². The van der Waals surface area contributed by atoms with Gasteiger partial charge in [-0.05, 0) is 72.7 Å². The molecule has 0 radical (unpaired) electrons. The zero-order valence-corrected chi connectivity index (χ0v) is 19.5. The maximum absolute atomic E-state index is 11.4. The van der Waals surface area contributed by atoms with Crippen molar-refractivity contribution in [2.45, 2.75) is 40.0 Å². The molecule has 1 fully saturated rings. The Bertz CT molecular complexity index is 920. The van der Waals surface area contributed by atoms with Gasteiger partial charge >= 0.3 is 5.97 Å². The van der Waals surface area contributed by atoms with Gasteiger partial charge in [-0.3, -0.25) is 0 Å². The van der Waals surface area contributed by atoms with Crippen molar-refractivity contribution in [3.8, 4) is 16.9 Å². The summed E-state index contributed by atoms with van der Waals surface area (Å²) in [4.78, 5) is 13.8. The van der Waals surface area contributed by atoms with Gasteiger partial charge in [-0.15, -0.1) is 0 Å². The summed E-state index contributed by atoms with van der Waals surface area (Å²) < 4.78 is 11.3. The second-order valence-corrected chi connectivity index (χ2v) is 8.58. The molecule has 172 valence electrons. The summed E-state index contributed by atoms with van der Waals surface area (Å²) in [5.74, 6) is 0.574. The lowest BCUT2D eigenvalue weighted by molar-refractivity contribution is -0.132. The predicted molar refractivity (Wildman–Crippen MR) is 130 cm³/mol. The van der Waals surface area contributed by atoms with Crippen LogP contribution in [-0.2, 0) is 9.53 Å². The van der Waals surface area contributed by atoms with E-state index in [1.54, 1.807) is 13.0 Å². The first-order valence-corrected chi connectivity index (χ1v) is 11.6. The Labute approximate surface area is 191 Å². The average Bonchev–Trinajstić information content (AvgIpc) is 3.22. The van der Waals surface area contributed by atoms with E-state index in [4.69, 9.17) is 9.47 Å². The number of hydrogen-bond acceptors (Lipinski definition) is 4. The summed E-state index contributed by atoms with van der Waals surface area (Å²) in [5, 5.41) is 9.38. The number of carbonyl (C=O) groups is 1. The average molecular weight is 438 g/mol. The third-order valence-electron chi connectivity index (χ3n) is 5.83. The van der Waals surface area contributed by atoms with Crippen LogP contribution in [0.15, 0.2) is 48.0 Å². The molecule has 1 heterocycles. The summed E-state index contributed by atoms with van der Waals surface area (Å²) in [5.41, 5.74) is 4.50. The molecular formula is C27H35NO4. The Balaban J connectivity index is 1.74. The monoisotopic (exact) mass is 437 g/mol. The molecule has 1 aliphatic rings. The third-order valence-corrected chi connectivity index (χ3v) is 5.83. The Morgan fingerprint density at radius 2 is 1.88 bits per heavy atom. The van der Waals surface area contributed by atoms with Gasteiger partial charge in [0, 0.05) is 31.0 Å². The highest BCUT2D eigenvalue weighted by atomic mass is 16.5. The molecule has 0 aromatic heterocycles. The molecule has 0 saturated carbocycles. The van der Waals surface area contributed by atoms with Crippen LogP contribution in [-0.4, -0.2) is 44.0 Å². The first-order valence-electron chi connectivity index (χ1n) is 11.6. The van der Waals surface area contributed by atoms with Crippen molar-refractivity contribution in [1.29, 1.82) is 0 Å². The topological polar surface area (TPSA) is 59.0 Å². The lowest BCUT2D eigenvalue weighted by atomic mass is 10.00. The van der Waals surface area contributed by atoms with Gasteiger partial charge in [0.1, 0.15) is 12.4 Å². The minimum absolute atomic E-state index is 0.334. The van der Waals surface area contributed by atoms with E-state index in [9.17, 15) is 9.90 Å². The van der Waals surface area contributed by atoms with E-state index < -0.39 is 5.97 Å². The molecule has 1 aliphatic heterocycles. The number of carboxylic acids is 1. The number of carboxylic acid groups (broad SMARTS) is 1. The fourth-order valence-corrected chi connectivity index (χ4v) is 3.90. The zero-order chi connectivity index (χ0) is 22.9. The van der Waals surface area contributed by atoms with E-state index in [1.165, 1.54) is 0 Å². The van der Waals surface area contributed by atoms with Crippen LogP contribution >= 0.6 is 0 Å². The van der Waals surface area contributed by atoms with E-state index in [0.717, 1.165) is 67.1 Å². The van der Waals surface area contributed by atoms with Crippen molar-refractivity contribution >= 4 is 17.7 Å². The summed E-state index contributed by atoms with van der Waals surface area (Å²) >= 11 is 0. The van der Waals surface area contributed by atoms with E-state index >= 15 is 0 Å². The number of ether oxygens (including phenoxy) is 2. The van der Waals surface area contributed by atoms with Gasteiger partial charge < -0.3 is 19.5 Å². The summed E-state index contributed by atoms with van der Waals surface area (Å²) in [7, 11) is 0. The molecule has 0 aliphatic carbocycles. The van der Waals surface area contributed by atoms with Gasteiger partial charge in [0.05, 0.1) is 6.61 Å². The highest BCUT2D eigenvalue weighted by Gasteiger charge is 2.21. The molecule has 1 atom stereocenters. The van der Waals surface area contributed by atoms with Crippen molar-refractivity contribution < 1.29 is 19.4 Å². The quantitative estimate of drug-likeness (QED) is 0.351. The number of hydrogen-bond donors (Lipinski definition) is 1. The molecule has 1 unspecified atom stereocenters. The van der Waals surface area contributed by atoms with Crippen molar-refractivity contribution in [1.82, 2.24) is 0 Å². The lowest BCUT2D eigenvalue weighted by Crippen LogP contribution is -2.20. The molecule has 0 amide bonds. The van der Waals surface area contributed by atoms with Crippen LogP contribution in [0.25, 0.3) is 17.2 Å². The van der Waals surface area contributed by atoms with Gasteiger partial charge in [0.15, 0.2) is 0 Å². The predicted octanol–water partition coefficient (Wildman–Crippen LogP) is 5.88. The Morgan fingerprint density at radius 1 is 1.12 bits per heavy atom. The van der Waals surface area contributed by atoms with Crippen LogP contribution in [0.4, 0.5) is 5.69 Å². The number of unbranched alkanes of at least 4 members (excludes halogenated alkanes) is 1. The van der Waals surface area contributed by atoms with E-state index in [0.29, 0.717) is 24.7 Å². The highest BCUT2D eigenvalue weighted by Crippen LogP contribution is 2.33. The van der Waals surface area contributed by atoms with Crippen molar-refractivity contribution in [2.24, 2.45) is 5.92 Å². The molecule has 32 heavy (non-hydrogen) atoms. The number of rotatable bonds is 11. The van der Waals surface area contributed by atoms with Crippen LogP contribution in [0.1, 0.15) is 45.6 Å². The number of anilines is 1. The molecule has 5 heteroatoms. The Hall–Kier alpha value is -2.79. The molecule has 0 bridgehead atoms. The smallest absolute Gasteiger partial charge is 0.331 e. The number of benzene rings is 2. The standard InChI is InChI=1S/C27H35NO4/c1-4-5-14-31-15-16-32-25-9-6-22(7-10-25)23-8-11-26(28-13-12-20(2)19-28)24(18-23)17-21(3)27(29)30/h6-11,17-18,20H,4-5,12-16,19H2,1-3H3,(H,29,30). The SMILES string of the molecule is CCCCOCCOc1ccc(-c2ccc(N3CCC(C)C3)c(C=C(C)C(=O)O)c2)cc1. The van der Waals surface area contributed by atoms with Crippen LogP contribution < -0.4 is 9.64 Å². The summed E-state index contributed by atoms with van der Waals surface area (Å²) in [6.07, 6.45) is 5.15. The Kier molecular flexibility index (Phi) is 8.74. The van der Waals surface area contributed by atoms with Crippen LogP contribution in [0, 0.1) is 5.92 Å². The largest absolute Gasteiger partial charge is 0.491 e. The number of aliphatic carboxylic acids is 1. The normalized spacial score (nSPS) is 16.4. The van der Waals surface area contributed by atoms with Crippen LogP contribution in [0.3, 0.4) is 0 Å². The maximum atomic E-state index is 11.4. The van der Waals surface area contributed by atoms with Crippen molar-refractivity contribution in [3.63, 3.8) is 0 Å². The third kappa shape index (κ3) is 6.60. The van der Waals surface area contributed by atoms with Crippen LogP contribution in [0.2, 0.25) is 0 Å². The van der Waals surface area contributed by atoms with E-state index in [2.05, 4.69) is 36.9 Å². The number of nitrogens with zero attached hydrogens (tertiary/aromatic N) is 1. The summed E-state index contributed by atoms with van der Waals surface area (Å²) in [6.45, 7) is 9.96. The molecule has 5 nitrogen and oxygen atoms in total. The van der Waals surface area contributed by atoms with E-state index in [-0.39, 0.29) is 0 Å². The van der Waals surface area contributed by atoms with Gasteiger partial charge in [0.2, 0.25) is 0 Å². The molecule has 2 aromatic rings. The second kappa shape index (κ2) is 11.7. The van der Waals surface area contributed by atoms with Crippen molar-refractivity contribution in [2.75, 3.05) is 37.8 Å². The maximum Gasteiger partial charge on any atom is 0.331 e. The summed E-state index contributed by atoms with van der Waals surface area (Å²) in [6, 6.07) is 14.3. The first-order chi connectivity index (χ1) is 15.5. The first kappa shape index (κ1) is 23.9. The van der Waals surface area contributed by atoms with E-state index in [1.807, 2.05) is 24.3 Å². The fourth-order valence-electron chi connectivity index (χ4n) is 3.90. The fraction of sp³-hybridized carbons (Fsp3) is 0.444. The second-order valence-electron chi connectivity index (χ2n) is 8.58. The minimum atomic E-state index is -0.892. The van der Waals surface area contributed by atoms with Crippen molar-refractivity contribution in [3.05, 3.63) is 53.6 Å². The Morgan fingerprint density at radius 3 is 2.53 bits per heavy atom. The molecule has 0 spiro atoms. The zero-order valence-electron chi connectivity index (χ0n) is 19.5. The molecule has 3 rings (SSSR count). The van der Waals surface area contributed by atoms with Gasteiger partial charge in [-0.25, -0.2) is 4.79 Å². The highest BCUT2D eigenvalue weighted by molar-refractivity contribution is 5.93. The van der Waals surface area contributed by atoms with Crippen LogP contribution in [0.5, 0.6) is 5.75 Å². The molecule has 2 aromatic carbocycles. The molecule has 1 saturated heterocycles. The van der Waals surface area contributed by atoms with Gasteiger partial charge in [0.25, 0.3) is 0 Å². The molecular weight excluding hydrogens is 402 g/mol. The molecule has 1 N–H and O–H groups in total. The minimum Gasteiger partial charge on any atom is -0.491 e.